The molecule has 0 fully saturated rings. The molecule has 1 aromatic carbocycles. The van der Waals surface area contributed by atoms with Crippen molar-refractivity contribution < 1.29 is 18.0 Å². The van der Waals surface area contributed by atoms with E-state index >= 15 is 0 Å². The summed E-state index contributed by atoms with van der Waals surface area (Å²) in [7, 11) is 0. The second kappa shape index (κ2) is 6.67. The van der Waals surface area contributed by atoms with Crippen LogP contribution in [0.1, 0.15) is 15.9 Å². The predicted octanol–water partition coefficient (Wildman–Crippen LogP) is 2.26. The van der Waals surface area contributed by atoms with Crippen LogP contribution in [0.15, 0.2) is 18.2 Å². The van der Waals surface area contributed by atoms with Crippen molar-refractivity contribution in [1.82, 2.24) is 5.32 Å². The van der Waals surface area contributed by atoms with Gasteiger partial charge in [-0.15, -0.1) is 0 Å². The Balaban J connectivity index is 2.56. The highest BCUT2D eigenvalue weighted by Crippen LogP contribution is 2.29. The fourth-order valence-corrected chi connectivity index (χ4v) is 1.83. The summed E-state index contributed by atoms with van der Waals surface area (Å²) < 4.78 is 35.7. The molecule has 0 heterocycles. The number of nitrogens with one attached hydrogen (secondary N) is 2. The molecule has 0 radical (unpaired) electrons. The number of aryl methyl sites for hydroxylation is 1. The standard InChI is InChI=1S/C11H14F3N3OS/c1-7-2-3-9(17-15)8(6-7)10(18)16-4-5-19-11(12,13)14/h2-3,6,17H,4-5,15H2,1H3,(H,16,18). The highest BCUT2D eigenvalue weighted by Gasteiger charge is 2.27. The molecular formula is C11H14F3N3OS. The molecule has 1 amide bonds. The maximum Gasteiger partial charge on any atom is 0.441 e. The highest BCUT2D eigenvalue weighted by atomic mass is 32.2. The number of carbonyl (C=O) groups excluding carboxylic acids is 1. The lowest BCUT2D eigenvalue weighted by molar-refractivity contribution is -0.0327. The van der Waals surface area contributed by atoms with Gasteiger partial charge in [-0.3, -0.25) is 10.6 Å². The number of alkyl halides is 3. The van der Waals surface area contributed by atoms with Crippen molar-refractivity contribution in [3.8, 4) is 0 Å². The maximum absolute atomic E-state index is 11.9. The first-order valence-electron chi connectivity index (χ1n) is 5.39. The van der Waals surface area contributed by atoms with Gasteiger partial charge in [-0.1, -0.05) is 11.6 Å². The lowest BCUT2D eigenvalue weighted by Gasteiger charge is -2.11. The van der Waals surface area contributed by atoms with Crippen LogP contribution in [0.2, 0.25) is 0 Å². The van der Waals surface area contributed by atoms with Crippen molar-refractivity contribution in [2.75, 3.05) is 17.7 Å². The Kier molecular flexibility index (Phi) is 5.49. The van der Waals surface area contributed by atoms with Gasteiger partial charge in [-0.2, -0.15) is 13.2 Å². The van der Waals surface area contributed by atoms with Crippen molar-refractivity contribution >= 4 is 23.4 Å². The average Bonchev–Trinajstić information content (AvgIpc) is 2.33. The molecule has 0 atom stereocenters. The molecule has 0 aromatic heterocycles. The second-order valence-corrected chi connectivity index (χ2v) is 4.90. The second-order valence-electron chi connectivity index (χ2n) is 3.74. The summed E-state index contributed by atoms with van der Waals surface area (Å²) >= 11 is -0.171. The van der Waals surface area contributed by atoms with E-state index in [9.17, 15) is 18.0 Å². The van der Waals surface area contributed by atoms with Crippen LogP contribution < -0.4 is 16.6 Å². The number of halogens is 3. The van der Waals surface area contributed by atoms with Crippen LogP contribution in [0.5, 0.6) is 0 Å². The third kappa shape index (κ3) is 5.39. The minimum absolute atomic E-state index is 0.0685. The Labute approximate surface area is 112 Å². The van der Waals surface area contributed by atoms with E-state index in [0.29, 0.717) is 11.3 Å². The van der Waals surface area contributed by atoms with E-state index < -0.39 is 11.4 Å². The van der Waals surface area contributed by atoms with E-state index in [2.05, 4.69) is 10.7 Å². The normalized spacial score (nSPS) is 11.2. The number of benzene rings is 1. The van der Waals surface area contributed by atoms with Crippen LogP contribution in [-0.4, -0.2) is 23.7 Å². The van der Waals surface area contributed by atoms with Gasteiger partial charge in [0.2, 0.25) is 0 Å². The Hall–Kier alpha value is -1.41. The number of hydrazine groups is 1. The molecule has 0 aliphatic carbocycles. The number of thioether (sulfide) groups is 1. The van der Waals surface area contributed by atoms with Crippen molar-refractivity contribution in [2.45, 2.75) is 12.4 Å². The summed E-state index contributed by atoms with van der Waals surface area (Å²) in [5, 5.41) is 2.42. The van der Waals surface area contributed by atoms with E-state index in [1.807, 2.05) is 0 Å². The summed E-state index contributed by atoms with van der Waals surface area (Å²) in [5.41, 5.74) is -0.324. The zero-order valence-electron chi connectivity index (χ0n) is 10.2. The van der Waals surface area contributed by atoms with Crippen LogP contribution in [0, 0.1) is 6.92 Å². The minimum atomic E-state index is -4.28. The minimum Gasteiger partial charge on any atom is -0.351 e. The van der Waals surface area contributed by atoms with Gasteiger partial charge in [-0.05, 0) is 30.8 Å². The Morgan fingerprint density at radius 2 is 2.11 bits per heavy atom. The largest absolute Gasteiger partial charge is 0.441 e. The van der Waals surface area contributed by atoms with E-state index in [1.54, 1.807) is 25.1 Å². The molecule has 0 saturated carbocycles. The smallest absolute Gasteiger partial charge is 0.351 e. The number of amides is 1. The van der Waals surface area contributed by atoms with Gasteiger partial charge in [0.25, 0.3) is 5.91 Å². The van der Waals surface area contributed by atoms with Gasteiger partial charge in [0, 0.05) is 12.3 Å². The molecule has 0 spiro atoms. The molecule has 0 aliphatic rings. The first-order chi connectivity index (χ1) is 8.83. The van der Waals surface area contributed by atoms with E-state index in [0.717, 1.165) is 5.56 Å². The van der Waals surface area contributed by atoms with Crippen LogP contribution in [0.25, 0.3) is 0 Å². The quantitative estimate of drug-likeness (QED) is 0.442. The first kappa shape index (κ1) is 15.6. The Morgan fingerprint density at radius 1 is 1.42 bits per heavy atom. The first-order valence-corrected chi connectivity index (χ1v) is 6.38. The molecular weight excluding hydrogens is 279 g/mol. The summed E-state index contributed by atoms with van der Waals surface area (Å²) in [6.45, 7) is 1.73. The lowest BCUT2D eigenvalue weighted by atomic mass is 10.1. The summed E-state index contributed by atoms with van der Waals surface area (Å²) in [6, 6.07) is 5.02. The van der Waals surface area contributed by atoms with Crippen molar-refractivity contribution in [3.63, 3.8) is 0 Å². The molecule has 8 heteroatoms. The number of hydrogen-bond donors (Lipinski definition) is 3. The molecule has 106 valence electrons. The predicted molar refractivity (Wildman–Crippen MR) is 69.8 cm³/mol. The number of rotatable bonds is 5. The fraction of sp³-hybridized carbons (Fsp3) is 0.364. The van der Waals surface area contributed by atoms with E-state index in [1.165, 1.54) is 0 Å². The fourth-order valence-electron chi connectivity index (χ4n) is 1.40. The Bertz CT molecular complexity index is 451. The van der Waals surface area contributed by atoms with Crippen molar-refractivity contribution in [2.24, 2.45) is 5.84 Å². The third-order valence-corrected chi connectivity index (χ3v) is 2.96. The number of nitrogens with two attached hydrogens (primary N) is 1. The molecule has 0 bridgehead atoms. The monoisotopic (exact) mass is 293 g/mol. The topological polar surface area (TPSA) is 67.1 Å². The zero-order valence-corrected chi connectivity index (χ0v) is 11.0. The van der Waals surface area contributed by atoms with E-state index in [4.69, 9.17) is 5.84 Å². The summed E-state index contributed by atoms with van der Waals surface area (Å²) in [6.07, 6.45) is 0. The lowest BCUT2D eigenvalue weighted by Crippen LogP contribution is -2.28. The van der Waals surface area contributed by atoms with Gasteiger partial charge in [0.15, 0.2) is 0 Å². The third-order valence-electron chi connectivity index (χ3n) is 2.23. The van der Waals surface area contributed by atoms with Gasteiger partial charge < -0.3 is 10.7 Å². The van der Waals surface area contributed by atoms with Gasteiger partial charge >= 0.3 is 5.51 Å². The Morgan fingerprint density at radius 3 is 2.68 bits per heavy atom. The van der Waals surface area contributed by atoms with Gasteiger partial charge in [0.1, 0.15) is 0 Å². The maximum atomic E-state index is 11.9. The summed E-state index contributed by atoms with van der Waals surface area (Å²) in [4.78, 5) is 11.8. The highest BCUT2D eigenvalue weighted by molar-refractivity contribution is 8.00. The van der Waals surface area contributed by atoms with E-state index in [-0.39, 0.29) is 24.1 Å². The average molecular weight is 293 g/mol. The van der Waals surface area contributed by atoms with Gasteiger partial charge in [0.05, 0.1) is 11.3 Å². The molecule has 0 unspecified atom stereocenters. The zero-order chi connectivity index (χ0) is 14.5. The molecule has 4 N–H and O–H groups in total. The molecule has 1 rings (SSSR count). The number of nitrogen functional groups attached to an aromatic ring is 1. The molecule has 4 nitrogen and oxygen atoms in total. The SMILES string of the molecule is Cc1ccc(NN)c(C(=O)NCCSC(F)(F)F)c1. The molecule has 19 heavy (non-hydrogen) atoms. The summed E-state index contributed by atoms with van der Waals surface area (Å²) in [5.74, 6) is 4.58. The van der Waals surface area contributed by atoms with Gasteiger partial charge in [-0.25, -0.2) is 0 Å². The number of hydrogen-bond acceptors (Lipinski definition) is 4. The molecule has 1 aromatic rings. The van der Waals surface area contributed by atoms with Crippen LogP contribution >= 0.6 is 11.8 Å². The molecule has 0 aliphatic heterocycles. The van der Waals surface area contributed by atoms with Crippen LogP contribution in [-0.2, 0) is 0 Å². The van der Waals surface area contributed by atoms with Crippen molar-refractivity contribution in [3.05, 3.63) is 29.3 Å². The van der Waals surface area contributed by atoms with Crippen LogP contribution in [0.4, 0.5) is 18.9 Å². The number of anilines is 1. The molecule has 0 saturated heterocycles. The van der Waals surface area contributed by atoms with Crippen LogP contribution in [0.3, 0.4) is 0 Å². The number of carbonyl (C=O) groups is 1. The van der Waals surface area contributed by atoms with Crippen molar-refractivity contribution in [1.29, 1.82) is 0 Å².